The van der Waals surface area contributed by atoms with E-state index in [1.807, 2.05) is 0 Å². The Morgan fingerprint density at radius 2 is 0.471 bits per heavy atom. The summed E-state index contributed by atoms with van der Waals surface area (Å²) >= 11 is 0. The fourth-order valence-electron chi connectivity index (χ4n) is 17.1. The predicted molar refractivity (Wildman–Crippen MR) is 269 cm³/mol. The van der Waals surface area contributed by atoms with Gasteiger partial charge in [0.2, 0.25) is 0 Å². The SMILES string of the molecule is CCC(C)CN.C[C@@H]1C[NH2+]CC[NH2+]1.O=C1N2CN3C(=O)N4CN5C(=O)N6CN7C(=O)N8CN9C(=O)N%10CN%11C(=O)N%12CN1C1C2N2CN%13C(=O)N(CN%14C(=O)N(CN%15C(=O)N(CN%16C(=O)N(CN%17C(=O)N(CN1C2=O)C%12C%11%17)C%10C9%16)C8C7%15)C6C5%14)C4C3%13. The highest BCUT2D eigenvalue weighted by Crippen LogP contribution is 2.51. The van der Waals surface area contributed by atoms with E-state index in [0.717, 1.165) is 12.6 Å². The van der Waals surface area contributed by atoms with Crippen LogP contribution in [-0.4, -0.2) is 376 Å². The van der Waals surface area contributed by atoms with Gasteiger partial charge < -0.3 is 16.4 Å². The van der Waals surface area contributed by atoms with E-state index in [-0.39, 0.29) is 0 Å². The lowest BCUT2D eigenvalue weighted by Gasteiger charge is -2.42. The fourth-order valence-corrected chi connectivity index (χ4v) is 17.1. The van der Waals surface area contributed by atoms with Crippen molar-refractivity contribution in [2.75, 3.05) is 106 Å². The van der Waals surface area contributed by atoms with Crippen LogP contribution in [0.3, 0.4) is 0 Å². The quantitative estimate of drug-likeness (QED) is 0.232. The van der Waals surface area contributed by atoms with Crippen LogP contribution in [0.4, 0.5) is 57.5 Å². The molecule has 39 nitrogen and oxygen atoms in total. The highest BCUT2D eigenvalue weighted by Gasteiger charge is 2.76. The molecular weight excluding hydrogens is 1120 g/mol. The lowest BCUT2D eigenvalue weighted by Crippen LogP contribution is -3.07. The summed E-state index contributed by atoms with van der Waals surface area (Å²) in [5.41, 5.74) is 5.28. The van der Waals surface area contributed by atoms with E-state index in [4.69, 9.17) is 5.73 Å². The number of rotatable bonds is 2. The second-order valence-corrected chi connectivity index (χ2v) is 25.4. The molecule has 0 aromatic rings. The molecule has 0 bridgehead atoms. The maximum atomic E-state index is 15.1. The summed E-state index contributed by atoms with van der Waals surface area (Å²) in [6.07, 6.45) is -12.7. The van der Waals surface area contributed by atoms with E-state index in [1.54, 1.807) is 0 Å². The van der Waals surface area contributed by atoms with Gasteiger partial charge in [0.15, 0.2) is 74.0 Å². The molecule has 19 heterocycles. The first-order valence-electron chi connectivity index (χ1n) is 29.2. The molecule has 39 heteroatoms. The van der Waals surface area contributed by atoms with Crippen molar-refractivity contribution in [2.24, 2.45) is 11.7 Å². The number of carbonyl (C=O) groups is 12. The van der Waals surface area contributed by atoms with Crippen LogP contribution in [0.1, 0.15) is 27.2 Å². The summed E-state index contributed by atoms with van der Waals surface area (Å²) in [4.78, 5) is 213. The van der Waals surface area contributed by atoms with Gasteiger partial charge in [-0.2, -0.15) is 0 Å². The minimum absolute atomic E-state index is 0.457. The molecule has 19 saturated heterocycles. The minimum atomic E-state index is -1.16. The highest BCUT2D eigenvalue weighted by molar-refractivity contribution is 5.95. The van der Waals surface area contributed by atoms with E-state index in [1.165, 1.54) is 144 Å². The van der Waals surface area contributed by atoms with Crippen LogP contribution < -0.4 is 16.4 Å². The van der Waals surface area contributed by atoms with Crippen LogP contribution in [0.5, 0.6) is 0 Å². The van der Waals surface area contributed by atoms with E-state index in [2.05, 4.69) is 31.4 Å². The Kier molecular flexibility index (Phi) is 9.38. The van der Waals surface area contributed by atoms with E-state index in [0.29, 0.717) is 5.92 Å². The standard InChI is InChI=1S/C36H36N24O12.C5H12N2.C5H13N/c61-25-37-1-38-14-16-42(26(38)62)4-46-18-20-50(30(46)66)8-54-22-24-58(34(54)70)11-57-23-21-53(33(57)69)7-49-19-17-45(29(49)65)3-41(25)15-13(37)39-2-40(14)28(64)44(16)6-48(18)32(68)52(20)10-56(22)36(72)60(24)12-59(23)35(71)55(21)9-51(19)31(67)47(17)5-43(15)27(39)63;1-5-4-6-2-3-7-5;1-3-5(2)4-6/h13-24H,1-12H2;5-7H,2-4H2,1H3;5H,3-4,6H2,1-2H3/p+2/t;5-;/m.1./s1. The Labute approximate surface area is 482 Å². The van der Waals surface area contributed by atoms with Crippen LogP contribution in [-0.2, 0) is 0 Å². The summed E-state index contributed by atoms with van der Waals surface area (Å²) in [7, 11) is 0. The van der Waals surface area contributed by atoms with Crippen molar-refractivity contribution >= 4 is 72.4 Å². The molecule has 19 aliphatic heterocycles. The van der Waals surface area contributed by atoms with Gasteiger partial charge >= 0.3 is 72.4 Å². The Balaban J connectivity index is 0.000000380. The van der Waals surface area contributed by atoms with Crippen LogP contribution >= 0.6 is 0 Å². The Hall–Kier alpha value is -8.88. The van der Waals surface area contributed by atoms with Crippen LogP contribution in [0.15, 0.2) is 0 Å². The number of hydrogen-bond donors (Lipinski definition) is 3. The average Bonchev–Trinajstić information content (AvgIpc) is 1.56. The third-order valence-electron chi connectivity index (χ3n) is 21.4. The van der Waals surface area contributed by atoms with E-state index in [9.17, 15) is 0 Å². The van der Waals surface area contributed by atoms with Crippen molar-refractivity contribution in [2.45, 2.75) is 107 Å². The van der Waals surface area contributed by atoms with Crippen LogP contribution in [0.2, 0.25) is 0 Å². The Morgan fingerprint density at radius 3 is 0.541 bits per heavy atom. The van der Waals surface area contributed by atoms with Gasteiger partial charge in [-0.1, -0.05) is 20.3 Å². The molecule has 0 aromatic heterocycles. The van der Waals surface area contributed by atoms with Gasteiger partial charge in [0.1, 0.15) is 106 Å². The predicted octanol–water partition coefficient (Wildman–Crippen LogP) is -7.16. The van der Waals surface area contributed by atoms with Crippen molar-refractivity contribution in [3.8, 4) is 0 Å². The maximum absolute atomic E-state index is 15.1. The zero-order chi connectivity index (χ0) is 58.3. The first-order valence-corrected chi connectivity index (χ1v) is 29.2. The average molecular weight is 1190 g/mol. The molecule has 85 heavy (non-hydrogen) atoms. The van der Waals surface area contributed by atoms with Gasteiger partial charge in [0.05, 0.1) is 0 Å². The maximum Gasteiger partial charge on any atom is 0.326 e. The molecule has 0 saturated carbocycles. The molecule has 6 N–H and O–H groups in total. The third-order valence-corrected chi connectivity index (χ3v) is 21.4. The normalized spacial score (nSPS) is 37.9. The zero-order valence-electron chi connectivity index (χ0n) is 46.5. The van der Waals surface area contributed by atoms with Crippen LogP contribution in [0, 0.1) is 5.92 Å². The van der Waals surface area contributed by atoms with Crippen molar-refractivity contribution in [3.05, 3.63) is 0 Å². The molecule has 19 fully saturated rings. The summed E-state index contributed by atoms with van der Waals surface area (Å²) in [5.74, 6) is 0.713. The van der Waals surface area contributed by atoms with Crippen LogP contribution in [0.25, 0.3) is 0 Å². The minimum Gasteiger partial charge on any atom is -0.337 e. The number of piperazine rings is 1. The van der Waals surface area contributed by atoms with E-state index < -0.39 is 226 Å². The summed E-state index contributed by atoms with van der Waals surface area (Å²) < 4.78 is 0. The largest absolute Gasteiger partial charge is 0.337 e. The summed E-state index contributed by atoms with van der Waals surface area (Å²) in [6, 6.07) is -7.04. The molecule has 0 radical (unpaired) electrons. The smallest absolute Gasteiger partial charge is 0.326 e. The van der Waals surface area contributed by atoms with E-state index >= 15 is 57.5 Å². The van der Waals surface area contributed by atoms with Gasteiger partial charge in [-0.05, 0) is 19.4 Å². The molecule has 24 amide bonds. The van der Waals surface area contributed by atoms with Gasteiger partial charge in [-0.3, -0.25) is 118 Å². The molecule has 0 aromatic carbocycles. The first kappa shape index (κ1) is 49.5. The van der Waals surface area contributed by atoms with Gasteiger partial charge in [-0.25, -0.2) is 57.5 Å². The molecule has 0 aliphatic carbocycles. The van der Waals surface area contributed by atoms with Gasteiger partial charge in [-0.15, -0.1) is 0 Å². The second kappa shape index (κ2) is 16.1. The number of amides is 24. The monoisotopic (exact) mass is 1190 g/mol. The number of carbonyl (C=O) groups excluding carboxylic acids is 12. The lowest BCUT2D eigenvalue weighted by atomic mass is 10.1. The van der Waals surface area contributed by atoms with Crippen molar-refractivity contribution in [1.82, 2.24) is 118 Å². The third kappa shape index (κ3) is 5.63. The fraction of sp³-hybridized carbons (Fsp3) is 0.739. The highest BCUT2D eigenvalue weighted by atomic mass is 16.3. The number of hydrogen-bond acceptors (Lipinski definition) is 13. The van der Waals surface area contributed by atoms with Crippen molar-refractivity contribution < 1.29 is 68.2 Å². The molecule has 1 unspecified atom stereocenters. The lowest BCUT2D eigenvalue weighted by molar-refractivity contribution is -0.808. The first-order chi connectivity index (χ1) is 40.9. The second-order valence-electron chi connectivity index (χ2n) is 25.4. The summed E-state index contributed by atoms with van der Waals surface area (Å²) in [5, 5.41) is 4.78. The zero-order valence-corrected chi connectivity index (χ0v) is 46.5. The number of nitrogens with zero attached hydrogens (tertiary/aromatic N) is 24. The molecule has 19 aliphatic rings. The topological polar surface area (TPSA) is 342 Å². The van der Waals surface area contributed by atoms with Crippen molar-refractivity contribution in [3.63, 3.8) is 0 Å². The van der Waals surface area contributed by atoms with Gasteiger partial charge in [0.25, 0.3) is 0 Å². The van der Waals surface area contributed by atoms with Crippen molar-refractivity contribution in [1.29, 1.82) is 0 Å². The molecule has 0 spiro atoms. The summed E-state index contributed by atoms with van der Waals surface area (Å²) in [6.45, 7) is 5.84. The Morgan fingerprint density at radius 1 is 0.318 bits per heavy atom. The molecule has 2 atom stereocenters. The molecule has 452 valence electrons. The molecular formula is C46H63N27O12+2. The van der Waals surface area contributed by atoms with Gasteiger partial charge in [0, 0.05) is 0 Å². The number of quaternary nitrogens is 2. The Bertz CT molecular complexity index is 2380. The number of nitrogens with two attached hydrogens (primary N) is 3. The molecule has 19 rings (SSSR count). The number of urea groups is 12.